The smallest absolute Gasteiger partial charge is 0.253 e. The van der Waals surface area contributed by atoms with Gasteiger partial charge in [-0.15, -0.1) is 0 Å². The molecule has 0 saturated carbocycles. The number of carbonyl (C=O) groups is 1. The quantitative estimate of drug-likeness (QED) is 0.809. The molecule has 3 aliphatic rings. The highest BCUT2D eigenvalue weighted by Gasteiger charge is 2.38. The minimum absolute atomic E-state index is 0.0644. The Hall–Kier alpha value is -1.48. The van der Waals surface area contributed by atoms with Crippen LogP contribution in [0.3, 0.4) is 0 Å². The standard InChI is InChI=1S/C19H27N3O4S/c1-2-14-3-4-15(19(23)21-12-16-10-20-11-17(16)13-21)9-18(14)27(24,25)22-5-7-26-8-6-22/h3-4,9,16-17,20H,2,5-8,10-13H2,1H3/t16-,17+. The summed E-state index contributed by atoms with van der Waals surface area (Å²) in [6, 6.07) is 5.14. The minimum atomic E-state index is -3.63. The van der Waals surface area contributed by atoms with Crippen LogP contribution in [0.5, 0.6) is 0 Å². The summed E-state index contributed by atoms with van der Waals surface area (Å²) >= 11 is 0. The number of hydrogen-bond donors (Lipinski definition) is 1. The van der Waals surface area contributed by atoms with Crippen molar-refractivity contribution in [1.82, 2.24) is 14.5 Å². The summed E-state index contributed by atoms with van der Waals surface area (Å²) in [4.78, 5) is 15.2. The molecule has 3 aliphatic heterocycles. The van der Waals surface area contributed by atoms with Gasteiger partial charge in [0.05, 0.1) is 18.1 Å². The average Bonchev–Trinajstić information content (AvgIpc) is 3.30. The first-order chi connectivity index (χ1) is 13.0. The molecule has 0 spiro atoms. The molecule has 0 radical (unpaired) electrons. The average molecular weight is 394 g/mol. The molecule has 1 aromatic carbocycles. The summed E-state index contributed by atoms with van der Waals surface area (Å²) in [6.07, 6.45) is 0.604. The van der Waals surface area contributed by atoms with Crippen LogP contribution in [-0.2, 0) is 21.2 Å². The molecule has 3 fully saturated rings. The van der Waals surface area contributed by atoms with Crippen molar-refractivity contribution in [1.29, 1.82) is 0 Å². The van der Waals surface area contributed by atoms with E-state index in [0.717, 1.165) is 31.7 Å². The van der Waals surface area contributed by atoms with Crippen LogP contribution in [0.25, 0.3) is 0 Å². The lowest BCUT2D eigenvalue weighted by Gasteiger charge is -2.27. The Kier molecular flexibility index (Phi) is 5.24. The Morgan fingerprint density at radius 2 is 1.85 bits per heavy atom. The van der Waals surface area contributed by atoms with Crippen molar-refractivity contribution in [2.45, 2.75) is 18.2 Å². The van der Waals surface area contributed by atoms with Crippen molar-refractivity contribution in [3.63, 3.8) is 0 Å². The number of ether oxygens (including phenoxy) is 1. The first kappa shape index (κ1) is 18.9. The van der Waals surface area contributed by atoms with Crippen LogP contribution in [-0.4, -0.2) is 76.0 Å². The molecular weight excluding hydrogens is 366 g/mol. The second-order valence-corrected chi connectivity index (χ2v) is 9.49. The fraction of sp³-hybridized carbons (Fsp3) is 0.632. The molecule has 3 heterocycles. The van der Waals surface area contributed by atoms with Crippen LogP contribution in [0.4, 0.5) is 0 Å². The zero-order chi connectivity index (χ0) is 19.0. The topological polar surface area (TPSA) is 79.0 Å². The molecule has 1 aromatic rings. The van der Waals surface area contributed by atoms with Crippen LogP contribution in [0.1, 0.15) is 22.8 Å². The first-order valence-electron chi connectivity index (χ1n) is 9.71. The van der Waals surface area contributed by atoms with Crippen LogP contribution in [0.15, 0.2) is 23.1 Å². The molecule has 1 N–H and O–H groups in total. The predicted octanol–water partition coefficient (Wildman–Crippen LogP) is 0.561. The molecule has 4 rings (SSSR count). The zero-order valence-electron chi connectivity index (χ0n) is 15.7. The summed E-state index contributed by atoms with van der Waals surface area (Å²) in [5.74, 6) is 0.964. The van der Waals surface area contributed by atoms with Crippen molar-refractivity contribution in [2.75, 3.05) is 52.5 Å². The molecule has 3 saturated heterocycles. The fourth-order valence-corrected chi connectivity index (χ4v) is 6.08. The largest absolute Gasteiger partial charge is 0.379 e. The monoisotopic (exact) mass is 393 g/mol. The number of aryl methyl sites for hydroxylation is 1. The summed E-state index contributed by atoms with van der Waals surface area (Å²) in [5, 5.41) is 3.37. The number of rotatable bonds is 4. The predicted molar refractivity (Wildman–Crippen MR) is 101 cm³/mol. The van der Waals surface area contributed by atoms with Gasteiger partial charge in [0.1, 0.15) is 0 Å². The van der Waals surface area contributed by atoms with Crippen LogP contribution < -0.4 is 5.32 Å². The number of sulfonamides is 1. The zero-order valence-corrected chi connectivity index (χ0v) is 16.5. The van der Waals surface area contributed by atoms with Gasteiger partial charge in [-0.25, -0.2) is 8.42 Å². The number of hydrogen-bond acceptors (Lipinski definition) is 5. The molecule has 148 valence electrons. The number of nitrogens with zero attached hydrogens (tertiary/aromatic N) is 2. The SMILES string of the molecule is CCc1ccc(C(=O)N2C[C@H]3CNC[C@H]3C2)cc1S(=O)(=O)N1CCOCC1. The highest BCUT2D eigenvalue weighted by atomic mass is 32.2. The van der Waals surface area contributed by atoms with Gasteiger partial charge in [-0.3, -0.25) is 4.79 Å². The molecule has 0 aliphatic carbocycles. The summed E-state index contributed by atoms with van der Waals surface area (Å²) < 4.78 is 33.1. The maximum Gasteiger partial charge on any atom is 0.253 e. The molecule has 0 bridgehead atoms. The van der Waals surface area contributed by atoms with Gasteiger partial charge in [0.2, 0.25) is 10.0 Å². The van der Waals surface area contributed by atoms with Gasteiger partial charge in [0.25, 0.3) is 5.91 Å². The van der Waals surface area contributed by atoms with E-state index < -0.39 is 10.0 Å². The summed E-state index contributed by atoms with van der Waals surface area (Å²) in [5.41, 5.74) is 1.22. The molecule has 0 unspecified atom stereocenters. The summed E-state index contributed by atoms with van der Waals surface area (Å²) in [6.45, 7) is 6.87. The van der Waals surface area contributed by atoms with E-state index in [1.807, 2.05) is 11.8 Å². The Morgan fingerprint density at radius 1 is 1.19 bits per heavy atom. The van der Waals surface area contributed by atoms with E-state index in [9.17, 15) is 13.2 Å². The highest BCUT2D eigenvalue weighted by Crippen LogP contribution is 2.29. The first-order valence-corrected chi connectivity index (χ1v) is 11.2. The normalized spacial score (nSPS) is 26.3. The third-order valence-electron chi connectivity index (χ3n) is 5.96. The lowest BCUT2D eigenvalue weighted by Crippen LogP contribution is -2.41. The van der Waals surface area contributed by atoms with Gasteiger partial charge in [-0.1, -0.05) is 13.0 Å². The van der Waals surface area contributed by atoms with Gasteiger partial charge in [0.15, 0.2) is 0 Å². The van der Waals surface area contributed by atoms with Gasteiger partial charge in [0, 0.05) is 44.8 Å². The van der Waals surface area contributed by atoms with Crippen molar-refractivity contribution in [3.8, 4) is 0 Å². The number of benzene rings is 1. The molecular formula is C19H27N3O4S. The molecule has 7 nitrogen and oxygen atoms in total. The molecule has 27 heavy (non-hydrogen) atoms. The number of nitrogens with one attached hydrogen (secondary N) is 1. The third kappa shape index (κ3) is 3.51. The number of amides is 1. The Bertz CT molecular complexity index is 808. The maximum absolute atomic E-state index is 13.2. The van der Waals surface area contributed by atoms with Gasteiger partial charge < -0.3 is 15.0 Å². The summed E-state index contributed by atoms with van der Waals surface area (Å²) in [7, 11) is -3.63. The number of morpholine rings is 1. The van der Waals surface area contributed by atoms with Crippen molar-refractivity contribution < 1.29 is 17.9 Å². The van der Waals surface area contributed by atoms with E-state index in [0.29, 0.717) is 50.1 Å². The van der Waals surface area contributed by atoms with Crippen molar-refractivity contribution in [3.05, 3.63) is 29.3 Å². The fourth-order valence-electron chi connectivity index (χ4n) is 4.35. The lowest BCUT2D eigenvalue weighted by atomic mass is 10.0. The number of likely N-dealkylation sites (tertiary alicyclic amines) is 1. The van der Waals surface area contributed by atoms with Gasteiger partial charge >= 0.3 is 0 Å². The molecule has 1 amide bonds. The number of carbonyl (C=O) groups excluding carboxylic acids is 1. The minimum Gasteiger partial charge on any atom is -0.379 e. The van der Waals surface area contributed by atoms with Gasteiger partial charge in [-0.2, -0.15) is 4.31 Å². The van der Waals surface area contributed by atoms with E-state index in [4.69, 9.17) is 4.74 Å². The Balaban J connectivity index is 1.61. The van der Waals surface area contributed by atoms with E-state index in [1.54, 1.807) is 18.2 Å². The van der Waals surface area contributed by atoms with Crippen LogP contribution >= 0.6 is 0 Å². The second-order valence-electron chi connectivity index (χ2n) is 7.58. The van der Waals surface area contributed by atoms with E-state index >= 15 is 0 Å². The van der Waals surface area contributed by atoms with Crippen LogP contribution in [0, 0.1) is 11.8 Å². The molecule has 2 atom stereocenters. The van der Waals surface area contributed by atoms with E-state index in [-0.39, 0.29) is 10.8 Å². The molecule has 8 heteroatoms. The maximum atomic E-state index is 13.2. The van der Waals surface area contributed by atoms with E-state index in [2.05, 4.69) is 5.32 Å². The lowest BCUT2D eigenvalue weighted by molar-refractivity contribution is 0.0729. The Morgan fingerprint density at radius 3 is 2.48 bits per heavy atom. The molecule has 0 aromatic heterocycles. The van der Waals surface area contributed by atoms with Gasteiger partial charge in [-0.05, 0) is 36.0 Å². The number of fused-ring (bicyclic) bond motifs is 1. The van der Waals surface area contributed by atoms with Crippen molar-refractivity contribution in [2.24, 2.45) is 11.8 Å². The second kappa shape index (κ2) is 7.50. The van der Waals surface area contributed by atoms with Crippen molar-refractivity contribution >= 4 is 15.9 Å². The third-order valence-corrected chi connectivity index (χ3v) is 7.94. The highest BCUT2D eigenvalue weighted by molar-refractivity contribution is 7.89. The Labute approximate surface area is 160 Å². The van der Waals surface area contributed by atoms with Crippen LogP contribution in [0.2, 0.25) is 0 Å². The van der Waals surface area contributed by atoms with E-state index in [1.165, 1.54) is 4.31 Å².